The van der Waals surface area contributed by atoms with Gasteiger partial charge in [-0.15, -0.1) is 0 Å². The zero-order chi connectivity index (χ0) is 17.4. The number of nitrogens with zero attached hydrogens (tertiary/aromatic N) is 2. The number of ether oxygens (including phenoxy) is 2. The number of nitrogens with one attached hydrogen (secondary N) is 1. The first-order valence-corrected chi connectivity index (χ1v) is 7.01. The third kappa shape index (κ3) is 4.83. The molecule has 0 aliphatic carbocycles. The molecule has 9 nitrogen and oxygen atoms in total. The van der Waals surface area contributed by atoms with E-state index in [9.17, 15) is 14.9 Å². The van der Waals surface area contributed by atoms with E-state index >= 15 is 0 Å². The summed E-state index contributed by atoms with van der Waals surface area (Å²) in [7, 11) is 0. The maximum absolute atomic E-state index is 11.7. The van der Waals surface area contributed by atoms with Crippen molar-refractivity contribution in [2.75, 3.05) is 13.2 Å². The first-order chi connectivity index (χ1) is 11.6. The standard InChI is InChI=1S/C15H15N3O6/c1-2-22-12-5-3-4-6-13(12)23-10-14(19)17-16-9-11-7-8-15(24-11)18(20)21/h3-9H,2,10H2,1H3,(H,17,19). The molecule has 2 rings (SSSR count). The van der Waals surface area contributed by atoms with Gasteiger partial charge in [-0.3, -0.25) is 14.9 Å². The minimum atomic E-state index is -0.667. The van der Waals surface area contributed by atoms with E-state index in [0.717, 1.165) is 6.21 Å². The van der Waals surface area contributed by atoms with Gasteiger partial charge in [-0.05, 0) is 25.1 Å². The molecule has 0 saturated heterocycles. The average molecular weight is 333 g/mol. The molecular weight excluding hydrogens is 318 g/mol. The number of para-hydroxylation sites is 2. The number of hydrazone groups is 1. The molecule has 2 aromatic rings. The second kappa shape index (κ2) is 8.32. The Balaban J connectivity index is 1.83. The van der Waals surface area contributed by atoms with Crippen LogP contribution in [0.5, 0.6) is 11.5 Å². The molecule has 0 saturated carbocycles. The number of rotatable bonds is 8. The van der Waals surface area contributed by atoms with Crippen molar-refractivity contribution < 1.29 is 23.6 Å². The van der Waals surface area contributed by atoms with Gasteiger partial charge in [0.1, 0.15) is 4.92 Å². The van der Waals surface area contributed by atoms with Crippen LogP contribution >= 0.6 is 0 Å². The fraction of sp³-hybridized carbons (Fsp3) is 0.200. The molecule has 0 aliphatic rings. The molecule has 1 N–H and O–H groups in total. The van der Waals surface area contributed by atoms with Crippen molar-refractivity contribution in [2.45, 2.75) is 6.92 Å². The van der Waals surface area contributed by atoms with E-state index in [1.807, 2.05) is 6.92 Å². The second-order valence-electron chi connectivity index (χ2n) is 4.39. The van der Waals surface area contributed by atoms with Crippen LogP contribution in [0.1, 0.15) is 12.7 Å². The summed E-state index contributed by atoms with van der Waals surface area (Å²) in [6.45, 7) is 2.06. The highest BCUT2D eigenvalue weighted by Gasteiger charge is 2.10. The first-order valence-electron chi connectivity index (χ1n) is 7.01. The van der Waals surface area contributed by atoms with Crippen molar-refractivity contribution in [3.05, 3.63) is 52.3 Å². The molecule has 1 aromatic heterocycles. The van der Waals surface area contributed by atoms with Gasteiger partial charge in [-0.25, -0.2) is 5.43 Å². The fourth-order valence-electron chi connectivity index (χ4n) is 1.70. The summed E-state index contributed by atoms with van der Waals surface area (Å²) in [6, 6.07) is 9.53. The number of amides is 1. The van der Waals surface area contributed by atoms with Gasteiger partial charge in [0.2, 0.25) is 0 Å². The molecule has 0 bridgehead atoms. The summed E-state index contributed by atoms with van der Waals surface area (Å²) >= 11 is 0. The topological polar surface area (TPSA) is 116 Å². The van der Waals surface area contributed by atoms with E-state index < -0.39 is 16.7 Å². The van der Waals surface area contributed by atoms with Crippen LogP contribution in [0, 0.1) is 10.1 Å². The molecule has 1 heterocycles. The quantitative estimate of drug-likeness (QED) is 0.449. The van der Waals surface area contributed by atoms with Gasteiger partial charge >= 0.3 is 5.88 Å². The van der Waals surface area contributed by atoms with Crippen LogP contribution in [0.3, 0.4) is 0 Å². The highest BCUT2D eigenvalue weighted by atomic mass is 16.6. The van der Waals surface area contributed by atoms with Crippen molar-refractivity contribution in [1.29, 1.82) is 0 Å². The number of nitro groups is 1. The van der Waals surface area contributed by atoms with Gasteiger partial charge in [0.15, 0.2) is 23.9 Å². The highest BCUT2D eigenvalue weighted by molar-refractivity contribution is 5.81. The molecule has 0 atom stereocenters. The van der Waals surface area contributed by atoms with E-state index in [1.54, 1.807) is 24.3 Å². The average Bonchev–Trinajstić information content (AvgIpc) is 3.03. The maximum Gasteiger partial charge on any atom is 0.433 e. The lowest BCUT2D eigenvalue weighted by Crippen LogP contribution is -2.24. The molecule has 0 aliphatic heterocycles. The second-order valence-corrected chi connectivity index (χ2v) is 4.39. The minimum absolute atomic E-state index is 0.143. The van der Waals surface area contributed by atoms with Gasteiger partial charge in [0.25, 0.3) is 5.91 Å². The van der Waals surface area contributed by atoms with Crippen LogP contribution in [-0.4, -0.2) is 30.3 Å². The number of hydrogen-bond donors (Lipinski definition) is 1. The number of carbonyl (C=O) groups is 1. The Bertz CT molecular complexity index is 740. The lowest BCUT2D eigenvalue weighted by Gasteiger charge is -2.10. The van der Waals surface area contributed by atoms with Crippen molar-refractivity contribution in [2.24, 2.45) is 5.10 Å². The Morgan fingerprint density at radius 3 is 2.62 bits per heavy atom. The number of hydrogen-bond acceptors (Lipinski definition) is 7. The van der Waals surface area contributed by atoms with Gasteiger partial charge < -0.3 is 13.9 Å². The number of furan rings is 1. The predicted octanol–water partition coefficient (Wildman–Crippen LogP) is 2.12. The van der Waals surface area contributed by atoms with Crippen LogP contribution in [0.25, 0.3) is 0 Å². The Hall–Kier alpha value is -3.36. The van der Waals surface area contributed by atoms with E-state index in [-0.39, 0.29) is 12.4 Å². The van der Waals surface area contributed by atoms with E-state index in [1.165, 1.54) is 12.1 Å². The van der Waals surface area contributed by atoms with Gasteiger partial charge in [0.05, 0.1) is 18.9 Å². The van der Waals surface area contributed by atoms with Crippen molar-refractivity contribution in [3.63, 3.8) is 0 Å². The predicted molar refractivity (Wildman–Crippen MR) is 84.2 cm³/mol. The molecule has 24 heavy (non-hydrogen) atoms. The SMILES string of the molecule is CCOc1ccccc1OCC(=O)NN=Cc1ccc([N+](=O)[O-])o1. The van der Waals surface area contributed by atoms with Crippen LogP contribution in [0.2, 0.25) is 0 Å². The molecule has 0 spiro atoms. The van der Waals surface area contributed by atoms with Gasteiger partial charge in [-0.2, -0.15) is 5.10 Å². The summed E-state index contributed by atoms with van der Waals surface area (Å²) in [5.74, 6) is 0.223. The van der Waals surface area contributed by atoms with Crippen molar-refractivity contribution in [1.82, 2.24) is 5.43 Å². The van der Waals surface area contributed by atoms with E-state index in [0.29, 0.717) is 18.1 Å². The lowest BCUT2D eigenvalue weighted by molar-refractivity contribution is -0.402. The molecule has 0 radical (unpaired) electrons. The zero-order valence-corrected chi connectivity index (χ0v) is 12.8. The summed E-state index contributed by atoms with van der Waals surface area (Å²) in [4.78, 5) is 21.5. The first kappa shape index (κ1) is 17.0. The minimum Gasteiger partial charge on any atom is -0.490 e. The zero-order valence-electron chi connectivity index (χ0n) is 12.8. The number of carbonyl (C=O) groups excluding carboxylic acids is 1. The number of benzene rings is 1. The summed E-state index contributed by atoms with van der Waals surface area (Å²) in [5.41, 5.74) is 2.23. The smallest absolute Gasteiger partial charge is 0.433 e. The van der Waals surface area contributed by atoms with Crippen LogP contribution in [0.4, 0.5) is 5.88 Å². The molecule has 126 valence electrons. The van der Waals surface area contributed by atoms with Gasteiger partial charge in [0, 0.05) is 0 Å². The summed E-state index contributed by atoms with van der Waals surface area (Å²) in [6.07, 6.45) is 1.15. The molecule has 1 amide bonds. The molecule has 9 heteroatoms. The lowest BCUT2D eigenvalue weighted by atomic mass is 10.3. The van der Waals surface area contributed by atoms with Crippen LogP contribution in [0.15, 0.2) is 45.9 Å². The maximum atomic E-state index is 11.7. The molecule has 0 unspecified atom stereocenters. The Labute approximate surface area is 137 Å². The Kier molecular flexibility index (Phi) is 5.89. The van der Waals surface area contributed by atoms with Crippen molar-refractivity contribution >= 4 is 18.0 Å². The van der Waals surface area contributed by atoms with Crippen LogP contribution in [-0.2, 0) is 4.79 Å². The monoisotopic (exact) mass is 333 g/mol. The normalized spacial score (nSPS) is 10.5. The summed E-state index contributed by atoms with van der Waals surface area (Å²) < 4.78 is 15.6. The van der Waals surface area contributed by atoms with E-state index in [2.05, 4.69) is 10.5 Å². The molecule has 1 aromatic carbocycles. The highest BCUT2D eigenvalue weighted by Crippen LogP contribution is 2.26. The molecule has 0 fully saturated rings. The van der Waals surface area contributed by atoms with Gasteiger partial charge in [-0.1, -0.05) is 12.1 Å². The van der Waals surface area contributed by atoms with E-state index in [4.69, 9.17) is 13.9 Å². The third-order valence-corrected chi connectivity index (χ3v) is 2.68. The van der Waals surface area contributed by atoms with Crippen molar-refractivity contribution in [3.8, 4) is 11.5 Å². The van der Waals surface area contributed by atoms with Crippen LogP contribution < -0.4 is 14.9 Å². The third-order valence-electron chi connectivity index (χ3n) is 2.68. The Morgan fingerprint density at radius 2 is 2.00 bits per heavy atom. The largest absolute Gasteiger partial charge is 0.490 e. The Morgan fingerprint density at radius 1 is 1.29 bits per heavy atom. The fourth-order valence-corrected chi connectivity index (χ4v) is 1.70. The molecular formula is C15H15N3O6. The summed E-state index contributed by atoms with van der Waals surface area (Å²) in [5, 5.41) is 14.1.